The molecule has 1 heterocycles. The van der Waals surface area contributed by atoms with E-state index in [0.29, 0.717) is 12.6 Å². The lowest BCUT2D eigenvalue weighted by Gasteiger charge is -2.37. The molecule has 0 bridgehead atoms. The number of piperazine rings is 1. The van der Waals surface area contributed by atoms with E-state index in [2.05, 4.69) is 41.2 Å². The number of hydrogen-bond donors (Lipinski definition) is 2. The van der Waals surface area contributed by atoms with Gasteiger partial charge in [-0.1, -0.05) is 25.1 Å². The van der Waals surface area contributed by atoms with Crippen molar-refractivity contribution in [2.24, 2.45) is 4.99 Å². The van der Waals surface area contributed by atoms with Gasteiger partial charge in [0.25, 0.3) is 0 Å². The molecule has 6 heteroatoms. The highest BCUT2D eigenvalue weighted by molar-refractivity contribution is 5.79. The number of aliphatic imine (C=N–C) groups is 1. The van der Waals surface area contributed by atoms with Crippen LogP contribution in [0.15, 0.2) is 29.3 Å². The molecular weight excluding hydrogens is 353 g/mol. The Bertz CT molecular complexity index is 650. The van der Waals surface area contributed by atoms with Crippen molar-refractivity contribution >= 4 is 5.96 Å². The van der Waals surface area contributed by atoms with Crippen molar-refractivity contribution in [1.29, 1.82) is 0 Å². The molecule has 2 N–H and O–H groups in total. The van der Waals surface area contributed by atoms with Crippen LogP contribution in [0.4, 0.5) is 4.39 Å². The van der Waals surface area contributed by atoms with E-state index in [1.165, 1.54) is 0 Å². The minimum absolute atomic E-state index is 0.104. The normalized spacial score (nSPS) is 21.4. The summed E-state index contributed by atoms with van der Waals surface area (Å²) in [5.74, 6) is 0.733. The zero-order valence-corrected chi connectivity index (χ0v) is 17.7. The second-order valence-electron chi connectivity index (χ2n) is 8.16. The van der Waals surface area contributed by atoms with Gasteiger partial charge in [-0.2, -0.15) is 0 Å². The van der Waals surface area contributed by atoms with E-state index in [1.807, 2.05) is 12.1 Å². The molecule has 2 fully saturated rings. The van der Waals surface area contributed by atoms with E-state index in [-0.39, 0.29) is 11.2 Å². The van der Waals surface area contributed by atoms with Gasteiger partial charge in [0, 0.05) is 50.7 Å². The lowest BCUT2D eigenvalue weighted by Crippen LogP contribution is -2.53. The fourth-order valence-electron chi connectivity index (χ4n) is 4.02. The quantitative estimate of drug-likeness (QED) is 0.529. The van der Waals surface area contributed by atoms with Crippen molar-refractivity contribution in [3.05, 3.63) is 35.6 Å². The first kappa shape index (κ1) is 21.1. The highest BCUT2D eigenvalue weighted by atomic mass is 19.1. The number of benzene rings is 1. The fraction of sp³-hybridized carbons (Fsp3) is 0.682. The van der Waals surface area contributed by atoms with Crippen LogP contribution in [0, 0.1) is 5.82 Å². The molecule has 1 aromatic carbocycles. The predicted octanol–water partition coefficient (Wildman–Crippen LogP) is 2.44. The second kappa shape index (κ2) is 9.70. The van der Waals surface area contributed by atoms with Crippen LogP contribution >= 0.6 is 0 Å². The SMILES string of the molecule is CCNC(=NCC1(c2ccccc2F)CC1)NCC(C)N1CCN(CC)CC1. The Morgan fingerprint density at radius 2 is 1.86 bits per heavy atom. The fourth-order valence-corrected chi connectivity index (χ4v) is 4.02. The topological polar surface area (TPSA) is 42.9 Å². The second-order valence-corrected chi connectivity index (χ2v) is 8.16. The standard InChI is InChI=1S/C22H36FN5/c1-4-24-21(25-16-18(3)28-14-12-27(5-2)13-15-28)26-17-22(10-11-22)19-8-6-7-9-20(19)23/h6-9,18H,4-5,10-17H2,1-3H3,(H2,24,25,26). The van der Waals surface area contributed by atoms with Gasteiger partial charge in [0.1, 0.15) is 5.82 Å². The van der Waals surface area contributed by atoms with E-state index >= 15 is 0 Å². The van der Waals surface area contributed by atoms with Crippen molar-refractivity contribution < 1.29 is 4.39 Å². The van der Waals surface area contributed by atoms with Gasteiger partial charge in [0.05, 0.1) is 6.54 Å². The maximum Gasteiger partial charge on any atom is 0.191 e. The first-order valence-corrected chi connectivity index (χ1v) is 10.8. The first-order valence-electron chi connectivity index (χ1n) is 10.8. The zero-order valence-electron chi connectivity index (χ0n) is 17.7. The van der Waals surface area contributed by atoms with Gasteiger partial charge in [0.2, 0.25) is 0 Å². The number of guanidine groups is 1. The highest BCUT2D eigenvalue weighted by Crippen LogP contribution is 2.49. The molecule has 5 nitrogen and oxygen atoms in total. The van der Waals surface area contributed by atoms with Gasteiger partial charge >= 0.3 is 0 Å². The summed E-state index contributed by atoms with van der Waals surface area (Å²) in [4.78, 5) is 9.85. The molecule has 0 amide bonds. The zero-order chi connectivity index (χ0) is 20.0. The van der Waals surface area contributed by atoms with E-state index in [9.17, 15) is 4.39 Å². The van der Waals surface area contributed by atoms with Crippen LogP contribution in [0.5, 0.6) is 0 Å². The van der Waals surface area contributed by atoms with Gasteiger partial charge in [-0.05, 0) is 44.9 Å². The van der Waals surface area contributed by atoms with E-state index < -0.39 is 0 Å². The molecule has 1 unspecified atom stereocenters. The molecule has 1 aliphatic carbocycles. The smallest absolute Gasteiger partial charge is 0.191 e. The van der Waals surface area contributed by atoms with Crippen LogP contribution in [-0.4, -0.2) is 74.2 Å². The maximum atomic E-state index is 14.2. The van der Waals surface area contributed by atoms with E-state index in [1.54, 1.807) is 12.1 Å². The molecular formula is C22H36FN5. The van der Waals surface area contributed by atoms with Crippen LogP contribution in [0.3, 0.4) is 0 Å². The summed E-state index contributed by atoms with van der Waals surface area (Å²) in [6, 6.07) is 7.61. The summed E-state index contributed by atoms with van der Waals surface area (Å²) in [7, 11) is 0. The van der Waals surface area contributed by atoms with Crippen LogP contribution in [0.1, 0.15) is 39.2 Å². The van der Waals surface area contributed by atoms with E-state index in [4.69, 9.17) is 4.99 Å². The molecule has 1 saturated carbocycles. The van der Waals surface area contributed by atoms with Gasteiger partial charge in [-0.15, -0.1) is 0 Å². The van der Waals surface area contributed by atoms with Crippen LogP contribution in [0.2, 0.25) is 0 Å². The lowest BCUT2D eigenvalue weighted by atomic mass is 9.95. The van der Waals surface area contributed by atoms with Crippen molar-refractivity contribution in [1.82, 2.24) is 20.4 Å². The molecule has 0 aromatic heterocycles. The molecule has 1 aliphatic heterocycles. The van der Waals surface area contributed by atoms with Crippen molar-refractivity contribution in [2.75, 3.05) is 52.4 Å². The number of hydrogen-bond acceptors (Lipinski definition) is 3. The Hall–Kier alpha value is -1.66. The summed E-state index contributed by atoms with van der Waals surface area (Å²) < 4.78 is 14.2. The number of likely N-dealkylation sites (N-methyl/N-ethyl adjacent to an activating group) is 1. The molecule has 28 heavy (non-hydrogen) atoms. The van der Waals surface area contributed by atoms with Crippen molar-refractivity contribution in [3.63, 3.8) is 0 Å². The average molecular weight is 390 g/mol. The largest absolute Gasteiger partial charge is 0.357 e. The third-order valence-electron chi connectivity index (χ3n) is 6.23. The number of halogens is 1. The summed E-state index contributed by atoms with van der Waals surface area (Å²) in [6.07, 6.45) is 2.02. The Labute approximate surface area is 169 Å². The van der Waals surface area contributed by atoms with Gasteiger partial charge in [-0.25, -0.2) is 4.39 Å². The molecule has 3 rings (SSSR count). The Morgan fingerprint density at radius 3 is 2.46 bits per heavy atom. The number of nitrogens with one attached hydrogen (secondary N) is 2. The minimum atomic E-state index is -0.115. The third kappa shape index (κ3) is 5.23. The third-order valence-corrected chi connectivity index (χ3v) is 6.23. The maximum absolute atomic E-state index is 14.2. The van der Waals surface area contributed by atoms with Gasteiger partial charge in [-0.3, -0.25) is 9.89 Å². The van der Waals surface area contributed by atoms with Crippen LogP contribution < -0.4 is 10.6 Å². The molecule has 156 valence electrons. The van der Waals surface area contributed by atoms with Crippen LogP contribution in [0.25, 0.3) is 0 Å². The average Bonchev–Trinajstić information content (AvgIpc) is 3.51. The highest BCUT2D eigenvalue weighted by Gasteiger charge is 2.45. The molecule has 0 spiro atoms. The monoisotopic (exact) mass is 389 g/mol. The molecule has 0 radical (unpaired) electrons. The summed E-state index contributed by atoms with van der Waals surface area (Å²) in [5, 5.41) is 6.84. The summed E-state index contributed by atoms with van der Waals surface area (Å²) >= 11 is 0. The number of nitrogens with zero attached hydrogens (tertiary/aromatic N) is 3. The Morgan fingerprint density at radius 1 is 1.14 bits per heavy atom. The molecule has 1 atom stereocenters. The van der Waals surface area contributed by atoms with Gasteiger partial charge < -0.3 is 15.5 Å². The molecule has 2 aliphatic rings. The van der Waals surface area contributed by atoms with Crippen LogP contribution in [-0.2, 0) is 5.41 Å². The lowest BCUT2D eigenvalue weighted by molar-refractivity contribution is 0.107. The predicted molar refractivity (Wildman–Crippen MR) is 114 cm³/mol. The van der Waals surface area contributed by atoms with E-state index in [0.717, 1.165) is 70.2 Å². The Kier molecular flexibility index (Phi) is 7.30. The number of rotatable bonds is 8. The first-order chi connectivity index (χ1) is 13.6. The summed E-state index contributed by atoms with van der Waals surface area (Å²) in [6.45, 7) is 14.6. The minimum Gasteiger partial charge on any atom is -0.357 e. The van der Waals surface area contributed by atoms with Crippen molar-refractivity contribution in [3.8, 4) is 0 Å². The van der Waals surface area contributed by atoms with Gasteiger partial charge in [0.15, 0.2) is 5.96 Å². The molecule has 1 saturated heterocycles. The summed E-state index contributed by atoms with van der Waals surface area (Å²) in [5.41, 5.74) is 0.701. The van der Waals surface area contributed by atoms with Crippen molar-refractivity contribution in [2.45, 2.75) is 45.1 Å². The molecule has 1 aromatic rings. The Balaban J connectivity index is 1.54.